The molecule has 0 amide bonds. The summed E-state index contributed by atoms with van der Waals surface area (Å²) < 4.78 is 9.16. The molecular formula is C58H38N2O. The first-order valence-corrected chi connectivity index (χ1v) is 20.9. The van der Waals surface area contributed by atoms with Gasteiger partial charge in [-0.3, -0.25) is 0 Å². The van der Waals surface area contributed by atoms with Gasteiger partial charge in [-0.15, -0.1) is 0 Å². The Morgan fingerprint density at radius 2 is 0.721 bits per heavy atom. The standard InChI is InChI=1S/C58H38N2O/c1-2-21-40-39(19-1)20-17-29-41(40)42-22-3-10-32-51(42)59(56-37-15-8-27-47(56)49-30-18-31-50-48-28-9-16-38-57(48)61-58(49)50)52-33-11-4-23-43(52)44-24-5-12-34-53(44)60-54-35-13-6-25-45(54)46-26-7-14-36-55(46)60/h1-38H. The first-order chi connectivity index (χ1) is 30.3. The molecular weight excluding hydrogens is 741 g/mol. The van der Waals surface area contributed by atoms with E-state index >= 15 is 0 Å². The molecule has 0 saturated carbocycles. The highest BCUT2D eigenvalue weighted by Gasteiger charge is 2.26. The summed E-state index contributed by atoms with van der Waals surface area (Å²) in [6, 6.07) is 83.0. The lowest BCUT2D eigenvalue weighted by atomic mass is 9.93. The minimum absolute atomic E-state index is 0.878. The van der Waals surface area contributed by atoms with Crippen LogP contribution >= 0.6 is 0 Å². The SMILES string of the molecule is c1ccc(N(c2ccccc2-c2cccc3ccccc23)c2ccccc2-c2cccc3c2oc2ccccc23)c(-c2ccccc2-n2c3ccccc3c3ccccc32)c1. The molecule has 286 valence electrons. The summed E-state index contributed by atoms with van der Waals surface area (Å²) in [7, 11) is 0. The number of furan rings is 1. The molecule has 0 radical (unpaired) electrons. The molecule has 0 bridgehead atoms. The van der Waals surface area contributed by atoms with Crippen LogP contribution in [-0.4, -0.2) is 4.57 Å². The van der Waals surface area contributed by atoms with Crippen LogP contribution in [0.2, 0.25) is 0 Å². The maximum atomic E-state index is 6.72. The fraction of sp³-hybridized carbons (Fsp3) is 0. The second-order valence-corrected chi connectivity index (χ2v) is 15.6. The Morgan fingerprint density at radius 1 is 0.295 bits per heavy atom. The Morgan fingerprint density at radius 3 is 1.41 bits per heavy atom. The van der Waals surface area contributed by atoms with Crippen LogP contribution in [0.15, 0.2) is 235 Å². The number of para-hydroxylation sites is 8. The van der Waals surface area contributed by atoms with Crippen molar-refractivity contribution in [2.45, 2.75) is 0 Å². The van der Waals surface area contributed by atoms with Crippen molar-refractivity contribution in [1.82, 2.24) is 4.57 Å². The number of benzene rings is 10. The van der Waals surface area contributed by atoms with E-state index in [1.807, 2.05) is 6.07 Å². The first kappa shape index (κ1) is 34.9. The van der Waals surface area contributed by atoms with E-state index in [-0.39, 0.29) is 0 Å². The van der Waals surface area contributed by atoms with E-state index in [9.17, 15) is 0 Å². The molecule has 12 aromatic rings. The highest BCUT2D eigenvalue weighted by molar-refractivity contribution is 6.13. The maximum Gasteiger partial charge on any atom is 0.143 e. The Kier molecular flexibility index (Phi) is 8.17. The third-order valence-electron chi connectivity index (χ3n) is 12.2. The Hall–Kier alpha value is -8.14. The Labute approximate surface area is 353 Å². The minimum Gasteiger partial charge on any atom is -0.455 e. The van der Waals surface area contributed by atoms with Gasteiger partial charge in [0.1, 0.15) is 11.2 Å². The average molecular weight is 779 g/mol. The highest BCUT2D eigenvalue weighted by Crippen LogP contribution is 2.50. The molecule has 2 heterocycles. The third-order valence-corrected chi connectivity index (χ3v) is 12.2. The second-order valence-electron chi connectivity index (χ2n) is 15.6. The van der Waals surface area contributed by atoms with E-state index < -0.39 is 0 Å². The molecule has 0 unspecified atom stereocenters. The van der Waals surface area contributed by atoms with Gasteiger partial charge < -0.3 is 13.9 Å². The number of nitrogens with zero attached hydrogens (tertiary/aromatic N) is 2. The number of aromatic nitrogens is 1. The van der Waals surface area contributed by atoms with Crippen molar-refractivity contribution in [3.63, 3.8) is 0 Å². The van der Waals surface area contributed by atoms with Crippen LogP contribution in [-0.2, 0) is 0 Å². The number of anilines is 3. The second kappa shape index (κ2) is 14.3. The van der Waals surface area contributed by atoms with E-state index in [4.69, 9.17) is 4.42 Å². The molecule has 0 aliphatic rings. The fourth-order valence-corrected chi connectivity index (χ4v) is 9.58. The monoisotopic (exact) mass is 778 g/mol. The highest BCUT2D eigenvalue weighted by atomic mass is 16.3. The van der Waals surface area contributed by atoms with Gasteiger partial charge in [-0.05, 0) is 58.8 Å². The quantitative estimate of drug-likeness (QED) is 0.161. The lowest BCUT2D eigenvalue weighted by molar-refractivity contribution is 0.670. The van der Waals surface area contributed by atoms with Gasteiger partial charge in [0.25, 0.3) is 0 Å². The lowest BCUT2D eigenvalue weighted by Crippen LogP contribution is -2.14. The van der Waals surface area contributed by atoms with Gasteiger partial charge in [0, 0.05) is 49.4 Å². The van der Waals surface area contributed by atoms with E-state index in [0.717, 1.165) is 72.5 Å². The molecule has 3 heteroatoms. The van der Waals surface area contributed by atoms with Crippen molar-refractivity contribution < 1.29 is 4.42 Å². The average Bonchev–Trinajstić information content (AvgIpc) is 3.88. The Balaban J connectivity index is 1.16. The molecule has 0 aliphatic heterocycles. The topological polar surface area (TPSA) is 21.3 Å². The summed E-state index contributed by atoms with van der Waals surface area (Å²) in [5.74, 6) is 0. The zero-order valence-corrected chi connectivity index (χ0v) is 33.2. The number of rotatable bonds is 7. The summed E-state index contributed by atoms with van der Waals surface area (Å²) >= 11 is 0. The van der Waals surface area contributed by atoms with Crippen molar-refractivity contribution in [2.24, 2.45) is 0 Å². The summed E-state index contributed by atoms with van der Waals surface area (Å²) in [5, 5.41) is 7.11. The van der Waals surface area contributed by atoms with E-state index in [2.05, 4.69) is 234 Å². The first-order valence-electron chi connectivity index (χ1n) is 20.9. The molecule has 0 aliphatic carbocycles. The van der Waals surface area contributed by atoms with Gasteiger partial charge in [-0.2, -0.15) is 0 Å². The predicted octanol–water partition coefficient (Wildman–Crippen LogP) is 16.3. The molecule has 61 heavy (non-hydrogen) atoms. The molecule has 12 rings (SSSR count). The Bertz CT molecular complexity index is 3570. The maximum absolute atomic E-state index is 6.72. The zero-order chi connectivity index (χ0) is 40.3. The van der Waals surface area contributed by atoms with Gasteiger partial charge in [0.2, 0.25) is 0 Å². The summed E-state index contributed by atoms with van der Waals surface area (Å²) in [5.41, 5.74) is 15.1. The molecule has 0 N–H and O–H groups in total. The van der Waals surface area contributed by atoms with Crippen LogP contribution in [0.5, 0.6) is 0 Å². The minimum atomic E-state index is 0.878. The number of hydrogen-bond donors (Lipinski definition) is 0. The molecule has 0 saturated heterocycles. The molecule has 0 fully saturated rings. The van der Waals surface area contributed by atoms with Gasteiger partial charge >= 0.3 is 0 Å². The summed E-state index contributed by atoms with van der Waals surface area (Å²) in [6.07, 6.45) is 0. The van der Waals surface area contributed by atoms with Gasteiger partial charge in [-0.1, -0.05) is 188 Å². The van der Waals surface area contributed by atoms with Gasteiger partial charge in [0.15, 0.2) is 0 Å². The van der Waals surface area contributed by atoms with Crippen LogP contribution in [0.4, 0.5) is 17.1 Å². The van der Waals surface area contributed by atoms with E-state index in [1.165, 1.54) is 38.1 Å². The molecule has 0 atom stereocenters. The van der Waals surface area contributed by atoms with Gasteiger partial charge in [-0.25, -0.2) is 0 Å². The molecule has 3 nitrogen and oxygen atoms in total. The van der Waals surface area contributed by atoms with Crippen molar-refractivity contribution in [3.05, 3.63) is 231 Å². The summed E-state index contributed by atoms with van der Waals surface area (Å²) in [6.45, 7) is 0. The zero-order valence-electron chi connectivity index (χ0n) is 33.2. The predicted molar refractivity (Wildman–Crippen MR) is 257 cm³/mol. The van der Waals surface area contributed by atoms with Crippen LogP contribution in [0.25, 0.3) is 93.6 Å². The van der Waals surface area contributed by atoms with Crippen molar-refractivity contribution in [2.75, 3.05) is 4.90 Å². The molecule has 2 aromatic heterocycles. The van der Waals surface area contributed by atoms with E-state index in [1.54, 1.807) is 0 Å². The normalized spacial score (nSPS) is 11.6. The van der Waals surface area contributed by atoms with Crippen molar-refractivity contribution in [1.29, 1.82) is 0 Å². The van der Waals surface area contributed by atoms with Crippen LogP contribution in [0.3, 0.4) is 0 Å². The van der Waals surface area contributed by atoms with Crippen molar-refractivity contribution >= 4 is 71.6 Å². The molecule has 10 aromatic carbocycles. The number of fused-ring (bicyclic) bond motifs is 7. The summed E-state index contributed by atoms with van der Waals surface area (Å²) in [4.78, 5) is 2.48. The number of hydrogen-bond acceptors (Lipinski definition) is 2. The van der Waals surface area contributed by atoms with E-state index in [0.29, 0.717) is 0 Å². The molecule has 0 spiro atoms. The largest absolute Gasteiger partial charge is 0.455 e. The smallest absolute Gasteiger partial charge is 0.143 e. The fourth-order valence-electron chi connectivity index (χ4n) is 9.58. The van der Waals surface area contributed by atoms with Gasteiger partial charge in [0.05, 0.1) is 33.8 Å². The van der Waals surface area contributed by atoms with Crippen LogP contribution in [0, 0.1) is 0 Å². The third kappa shape index (κ3) is 5.59. The van der Waals surface area contributed by atoms with Crippen molar-refractivity contribution in [3.8, 4) is 39.1 Å². The van der Waals surface area contributed by atoms with Crippen LogP contribution < -0.4 is 4.90 Å². The van der Waals surface area contributed by atoms with Crippen LogP contribution in [0.1, 0.15) is 0 Å². The lowest BCUT2D eigenvalue weighted by Gasteiger charge is -2.32.